The molecule has 0 saturated carbocycles. The summed E-state index contributed by atoms with van der Waals surface area (Å²) in [5, 5.41) is 5.08. The van der Waals surface area contributed by atoms with Gasteiger partial charge in [0.25, 0.3) is 5.91 Å². The molecule has 3 aromatic rings. The second kappa shape index (κ2) is 9.01. The van der Waals surface area contributed by atoms with E-state index in [1.165, 1.54) is 9.80 Å². The predicted molar refractivity (Wildman–Crippen MR) is 126 cm³/mol. The Labute approximate surface area is 191 Å². The van der Waals surface area contributed by atoms with E-state index in [0.29, 0.717) is 22.8 Å². The zero-order valence-electron chi connectivity index (χ0n) is 18.0. The molecule has 0 radical (unpaired) electrons. The van der Waals surface area contributed by atoms with Crippen molar-refractivity contribution in [2.75, 3.05) is 18.0 Å². The molecule has 4 rings (SSSR count). The van der Waals surface area contributed by atoms with Crippen LogP contribution < -0.4 is 10.2 Å². The summed E-state index contributed by atoms with van der Waals surface area (Å²) in [7, 11) is 0. The van der Waals surface area contributed by atoms with Crippen LogP contribution in [0.4, 0.5) is 5.69 Å². The molecule has 0 fully saturated rings. The lowest BCUT2D eigenvalue weighted by Crippen LogP contribution is -2.50. The van der Waals surface area contributed by atoms with Crippen molar-refractivity contribution in [2.24, 2.45) is 0 Å². The number of nitrogens with zero attached hydrogens (tertiary/aromatic N) is 2. The first-order valence-electron chi connectivity index (χ1n) is 10.6. The van der Waals surface area contributed by atoms with Gasteiger partial charge in [-0.25, -0.2) is 0 Å². The van der Waals surface area contributed by atoms with Crippen LogP contribution >= 0.6 is 11.6 Å². The van der Waals surface area contributed by atoms with Crippen molar-refractivity contribution in [3.8, 4) is 0 Å². The first-order chi connectivity index (χ1) is 15.4. The van der Waals surface area contributed by atoms with Crippen molar-refractivity contribution in [1.29, 1.82) is 0 Å². The van der Waals surface area contributed by atoms with Crippen LogP contribution in [0.15, 0.2) is 60.7 Å². The Kier molecular flexibility index (Phi) is 6.15. The number of benzene rings is 3. The lowest BCUT2D eigenvalue weighted by Gasteiger charge is -2.30. The maximum Gasteiger partial charge on any atom is 0.259 e. The van der Waals surface area contributed by atoms with Crippen molar-refractivity contribution in [2.45, 2.75) is 26.4 Å². The van der Waals surface area contributed by atoms with E-state index in [9.17, 15) is 14.4 Å². The Morgan fingerprint density at radius 2 is 1.78 bits per heavy atom. The molecule has 0 saturated heterocycles. The van der Waals surface area contributed by atoms with Crippen LogP contribution in [-0.2, 0) is 16.1 Å². The molecule has 6 nitrogen and oxygen atoms in total. The van der Waals surface area contributed by atoms with Crippen LogP contribution in [0.5, 0.6) is 0 Å². The second-order valence-corrected chi connectivity index (χ2v) is 8.16. The van der Waals surface area contributed by atoms with Crippen LogP contribution in [-0.4, -0.2) is 41.8 Å². The van der Waals surface area contributed by atoms with Crippen molar-refractivity contribution >= 4 is 45.8 Å². The lowest BCUT2D eigenvalue weighted by atomic mass is 10.1. The summed E-state index contributed by atoms with van der Waals surface area (Å²) in [5.41, 5.74) is 2.02. The third kappa shape index (κ3) is 3.94. The molecule has 3 amide bonds. The van der Waals surface area contributed by atoms with Gasteiger partial charge in [-0.3, -0.25) is 19.3 Å². The highest BCUT2D eigenvalue weighted by Gasteiger charge is 2.34. The van der Waals surface area contributed by atoms with Gasteiger partial charge in [-0.2, -0.15) is 0 Å². The van der Waals surface area contributed by atoms with E-state index >= 15 is 0 Å². The monoisotopic (exact) mass is 449 g/mol. The molecule has 0 bridgehead atoms. The Hall–Kier alpha value is -3.38. The molecule has 3 aromatic carbocycles. The highest BCUT2D eigenvalue weighted by molar-refractivity contribution is 6.31. The van der Waals surface area contributed by atoms with Crippen molar-refractivity contribution in [1.82, 2.24) is 10.2 Å². The van der Waals surface area contributed by atoms with Gasteiger partial charge in [-0.05, 0) is 43.0 Å². The quantitative estimate of drug-likeness (QED) is 0.592. The maximum atomic E-state index is 13.5. The van der Waals surface area contributed by atoms with Gasteiger partial charge in [0.15, 0.2) is 0 Å². The molecule has 0 aromatic heterocycles. The minimum Gasteiger partial charge on any atom is -0.355 e. The van der Waals surface area contributed by atoms with Gasteiger partial charge in [-0.1, -0.05) is 54.1 Å². The molecule has 7 heteroatoms. The van der Waals surface area contributed by atoms with Crippen molar-refractivity contribution in [3.05, 3.63) is 76.8 Å². The fourth-order valence-electron chi connectivity index (χ4n) is 4.08. The molecule has 1 aliphatic heterocycles. The van der Waals surface area contributed by atoms with Crippen LogP contribution in [0.25, 0.3) is 10.8 Å². The van der Waals surface area contributed by atoms with Gasteiger partial charge in [0, 0.05) is 29.1 Å². The summed E-state index contributed by atoms with van der Waals surface area (Å²) in [4.78, 5) is 42.1. The summed E-state index contributed by atoms with van der Waals surface area (Å²) in [5.74, 6) is -0.804. The molecule has 0 aliphatic carbocycles. The molecule has 1 N–H and O–H groups in total. The molecule has 164 valence electrons. The molecule has 1 atom stereocenters. The number of carbonyl (C=O) groups is 3. The summed E-state index contributed by atoms with van der Waals surface area (Å²) < 4.78 is 0. The van der Waals surface area contributed by atoms with Gasteiger partial charge < -0.3 is 10.2 Å². The number of carbonyl (C=O) groups excluding carboxylic acids is 3. The fourth-order valence-corrected chi connectivity index (χ4v) is 4.27. The Balaban J connectivity index is 1.64. The number of halogens is 1. The van der Waals surface area contributed by atoms with Crippen molar-refractivity contribution in [3.63, 3.8) is 0 Å². The highest BCUT2D eigenvalue weighted by Crippen LogP contribution is 2.37. The predicted octanol–water partition coefficient (Wildman–Crippen LogP) is 4.01. The van der Waals surface area contributed by atoms with Gasteiger partial charge in [-0.15, -0.1) is 0 Å². The average Bonchev–Trinajstić information content (AvgIpc) is 3.06. The molecule has 1 heterocycles. The molecular formula is C25H24ClN3O3. The first kappa shape index (κ1) is 21.8. The smallest absolute Gasteiger partial charge is 0.259 e. The summed E-state index contributed by atoms with van der Waals surface area (Å²) in [6.45, 7) is 3.96. The first-order valence-corrected chi connectivity index (χ1v) is 10.9. The van der Waals surface area contributed by atoms with Crippen LogP contribution in [0.2, 0.25) is 5.02 Å². The van der Waals surface area contributed by atoms with Gasteiger partial charge in [0.1, 0.15) is 12.6 Å². The molecule has 1 aliphatic rings. The number of amides is 3. The maximum absolute atomic E-state index is 13.5. The van der Waals surface area contributed by atoms with Crippen LogP contribution in [0, 0.1) is 0 Å². The number of likely N-dealkylation sites (N-methyl/N-ethyl adjacent to an activating group) is 1. The minimum absolute atomic E-state index is 0.163. The van der Waals surface area contributed by atoms with Crippen LogP contribution in [0.1, 0.15) is 29.8 Å². The van der Waals surface area contributed by atoms with Gasteiger partial charge in [0.05, 0.1) is 5.69 Å². The SMILES string of the molecule is CCNC(=O)C(C)N(Cc1ccccc1Cl)C(=O)CN1C(=O)c2cccc3cccc1c23. The molecule has 32 heavy (non-hydrogen) atoms. The van der Waals surface area contributed by atoms with E-state index in [4.69, 9.17) is 11.6 Å². The largest absolute Gasteiger partial charge is 0.355 e. The number of nitrogens with one attached hydrogen (secondary N) is 1. The molecular weight excluding hydrogens is 426 g/mol. The number of rotatable bonds is 7. The van der Waals surface area contributed by atoms with E-state index in [1.54, 1.807) is 19.1 Å². The average molecular weight is 450 g/mol. The lowest BCUT2D eigenvalue weighted by molar-refractivity contribution is -0.139. The molecule has 1 unspecified atom stereocenters. The second-order valence-electron chi connectivity index (χ2n) is 7.76. The molecule has 0 spiro atoms. The van der Waals surface area contributed by atoms with E-state index in [2.05, 4.69) is 5.32 Å². The number of hydrogen-bond donors (Lipinski definition) is 1. The summed E-state index contributed by atoms with van der Waals surface area (Å²) >= 11 is 6.32. The Morgan fingerprint density at radius 3 is 2.50 bits per heavy atom. The minimum atomic E-state index is -0.727. The van der Waals surface area contributed by atoms with Gasteiger partial charge in [0.2, 0.25) is 11.8 Å². The Morgan fingerprint density at radius 1 is 1.06 bits per heavy atom. The number of anilines is 1. The van der Waals surface area contributed by atoms with E-state index in [0.717, 1.165) is 16.3 Å². The Bertz CT molecular complexity index is 1200. The summed E-state index contributed by atoms with van der Waals surface area (Å²) in [6, 6.07) is 17.7. The van der Waals surface area contributed by atoms with Crippen molar-refractivity contribution < 1.29 is 14.4 Å². The third-order valence-electron chi connectivity index (χ3n) is 5.76. The van der Waals surface area contributed by atoms with E-state index in [1.807, 2.05) is 55.5 Å². The normalized spacial score (nSPS) is 13.3. The standard InChI is InChI=1S/C25H24ClN3O3/c1-3-27-24(31)16(2)28(14-18-8-4-5-12-20(18)26)22(30)15-29-21-13-7-10-17-9-6-11-19(23(17)21)25(29)32/h4-13,16H,3,14-15H2,1-2H3,(H,27,31). The topological polar surface area (TPSA) is 69.7 Å². The van der Waals surface area contributed by atoms with Crippen LogP contribution in [0.3, 0.4) is 0 Å². The van der Waals surface area contributed by atoms with E-state index in [-0.39, 0.29) is 30.8 Å². The zero-order chi connectivity index (χ0) is 22.8. The summed E-state index contributed by atoms with van der Waals surface area (Å²) in [6.07, 6.45) is 0. The number of hydrogen-bond acceptors (Lipinski definition) is 3. The zero-order valence-corrected chi connectivity index (χ0v) is 18.7. The fraction of sp³-hybridized carbons (Fsp3) is 0.240. The third-order valence-corrected chi connectivity index (χ3v) is 6.13. The van der Waals surface area contributed by atoms with E-state index < -0.39 is 6.04 Å². The highest BCUT2D eigenvalue weighted by atomic mass is 35.5. The van der Waals surface area contributed by atoms with Gasteiger partial charge >= 0.3 is 0 Å².